The van der Waals surface area contributed by atoms with E-state index < -0.39 is 6.09 Å². The normalized spacial score (nSPS) is 16.4. The van der Waals surface area contributed by atoms with Crippen molar-refractivity contribution in [2.24, 2.45) is 0 Å². The number of ether oxygens (including phenoxy) is 1. The summed E-state index contributed by atoms with van der Waals surface area (Å²) >= 11 is 5.82. The summed E-state index contributed by atoms with van der Waals surface area (Å²) in [5.74, 6) is 0.136. The van der Waals surface area contributed by atoms with Crippen LogP contribution in [0.3, 0.4) is 0 Å². The first kappa shape index (κ1) is 19.2. The van der Waals surface area contributed by atoms with Crippen LogP contribution in [0.2, 0.25) is 5.02 Å². The maximum absolute atomic E-state index is 11.9. The van der Waals surface area contributed by atoms with E-state index in [2.05, 4.69) is 10.6 Å². The van der Waals surface area contributed by atoms with Crippen molar-refractivity contribution in [3.05, 3.63) is 64.7 Å². The minimum absolute atomic E-state index is 0.115. The van der Waals surface area contributed by atoms with E-state index in [1.807, 2.05) is 43.4 Å². The van der Waals surface area contributed by atoms with E-state index in [1.165, 1.54) is 0 Å². The van der Waals surface area contributed by atoms with Crippen LogP contribution in [-0.2, 0) is 22.7 Å². The van der Waals surface area contributed by atoms with Crippen LogP contribution in [0.1, 0.15) is 17.5 Å². The molecular weight excluding hydrogens is 366 g/mol. The molecule has 1 fully saturated rings. The summed E-state index contributed by atoms with van der Waals surface area (Å²) in [5.41, 5.74) is 2.55. The van der Waals surface area contributed by atoms with E-state index >= 15 is 0 Å². The molecule has 1 aliphatic heterocycles. The number of carbonyl (C=O) groups excluding carboxylic acids is 2. The van der Waals surface area contributed by atoms with E-state index in [9.17, 15) is 9.59 Å². The summed E-state index contributed by atoms with van der Waals surface area (Å²) in [6.45, 7) is 1.57. The second kappa shape index (κ2) is 8.88. The van der Waals surface area contributed by atoms with E-state index in [0.29, 0.717) is 17.3 Å². The van der Waals surface area contributed by atoms with Gasteiger partial charge in [0, 0.05) is 30.8 Å². The molecule has 6 nitrogen and oxygen atoms in total. The molecule has 2 N–H and O–H groups in total. The van der Waals surface area contributed by atoms with E-state index in [1.54, 1.807) is 17.0 Å². The number of nitrogens with one attached hydrogen (secondary N) is 2. The number of amides is 2. The van der Waals surface area contributed by atoms with Gasteiger partial charge in [0.2, 0.25) is 5.91 Å². The predicted molar refractivity (Wildman–Crippen MR) is 105 cm³/mol. The summed E-state index contributed by atoms with van der Waals surface area (Å²) < 4.78 is 5.19. The van der Waals surface area contributed by atoms with Crippen LogP contribution in [0.15, 0.2) is 48.5 Å². The molecule has 0 radical (unpaired) electrons. The van der Waals surface area contributed by atoms with Crippen LogP contribution in [-0.4, -0.2) is 36.5 Å². The van der Waals surface area contributed by atoms with Crippen molar-refractivity contribution in [2.45, 2.75) is 25.6 Å². The van der Waals surface area contributed by atoms with Crippen LogP contribution in [0.25, 0.3) is 0 Å². The molecule has 3 rings (SSSR count). The summed E-state index contributed by atoms with van der Waals surface area (Å²) in [4.78, 5) is 25.5. The fourth-order valence-electron chi connectivity index (χ4n) is 2.84. The number of anilines is 1. The molecule has 2 aromatic rings. The Labute approximate surface area is 163 Å². The topological polar surface area (TPSA) is 70.7 Å². The smallest absolute Gasteiger partial charge is 0.411 e. The van der Waals surface area contributed by atoms with Gasteiger partial charge in [0.25, 0.3) is 0 Å². The van der Waals surface area contributed by atoms with Crippen LogP contribution < -0.4 is 10.6 Å². The Bertz CT molecular complexity index is 793. The third-order valence-corrected chi connectivity index (χ3v) is 4.72. The SMILES string of the molecule is CN1CCC(NCc2ccc(NC(=O)OCc3ccc(Cl)cc3)cc2)C1=O. The number of rotatable bonds is 6. The minimum Gasteiger partial charge on any atom is -0.444 e. The lowest BCUT2D eigenvalue weighted by Crippen LogP contribution is -2.36. The first-order valence-corrected chi connectivity index (χ1v) is 9.14. The Morgan fingerprint density at radius 2 is 1.81 bits per heavy atom. The van der Waals surface area contributed by atoms with Crippen LogP contribution in [0, 0.1) is 0 Å². The van der Waals surface area contributed by atoms with Gasteiger partial charge < -0.3 is 15.0 Å². The van der Waals surface area contributed by atoms with E-state index in [0.717, 1.165) is 24.1 Å². The average Bonchev–Trinajstić information content (AvgIpc) is 2.99. The Kier molecular flexibility index (Phi) is 6.32. The molecule has 0 saturated carbocycles. The highest BCUT2D eigenvalue weighted by atomic mass is 35.5. The third-order valence-electron chi connectivity index (χ3n) is 4.46. The van der Waals surface area contributed by atoms with Crippen molar-refractivity contribution in [3.8, 4) is 0 Å². The number of benzene rings is 2. The van der Waals surface area contributed by atoms with Gasteiger partial charge >= 0.3 is 6.09 Å². The number of hydrogen-bond donors (Lipinski definition) is 2. The summed E-state index contributed by atoms with van der Waals surface area (Å²) in [6, 6.07) is 14.4. The summed E-state index contributed by atoms with van der Waals surface area (Å²) in [6.07, 6.45) is 0.310. The molecule has 0 bridgehead atoms. The maximum atomic E-state index is 11.9. The van der Waals surface area contributed by atoms with Crippen molar-refractivity contribution >= 4 is 29.3 Å². The Morgan fingerprint density at radius 3 is 2.44 bits per heavy atom. The van der Waals surface area contributed by atoms with Gasteiger partial charge in [-0.15, -0.1) is 0 Å². The highest BCUT2D eigenvalue weighted by Crippen LogP contribution is 2.14. The van der Waals surface area contributed by atoms with Gasteiger partial charge in [0.05, 0.1) is 6.04 Å². The molecular formula is C20H22ClN3O3. The largest absolute Gasteiger partial charge is 0.444 e. The zero-order valence-corrected chi connectivity index (χ0v) is 15.8. The second-order valence-electron chi connectivity index (χ2n) is 6.51. The van der Waals surface area contributed by atoms with Gasteiger partial charge in [-0.2, -0.15) is 0 Å². The standard InChI is InChI=1S/C20H22ClN3O3/c1-24-11-10-18(19(24)25)22-12-14-4-8-17(9-5-14)23-20(26)27-13-15-2-6-16(21)7-3-15/h2-9,18,22H,10-13H2,1H3,(H,23,26). The molecule has 1 aliphatic rings. The minimum atomic E-state index is -0.518. The van der Waals surface area contributed by atoms with Crippen LogP contribution >= 0.6 is 11.6 Å². The molecule has 0 aromatic heterocycles. The number of nitrogens with zero attached hydrogens (tertiary/aromatic N) is 1. The van der Waals surface area contributed by atoms with Crippen LogP contribution in [0.5, 0.6) is 0 Å². The number of halogens is 1. The maximum Gasteiger partial charge on any atom is 0.411 e. The molecule has 1 saturated heterocycles. The molecule has 2 aromatic carbocycles. The highest BCUT2D eigenvalue weighted by Gasteiger charge is 2.28. The van der Waals surface area contributed by atoms with Gasteiger partial charge in [-0.25, -0.2) is 4.79 Å². The van der Waals surface area contributed by atoms with Crippen LogP contribution in [0.4, 0.5) is 10.5 Å². The lowest BCUT2D eigenvalue weighted by Gasteiger charge is -2.12. The van der Waals surface area contributed by atoms with Crippen molar-refractivity contribution < 1.29 is 14.3 Å². The first-order chi connectivity index (χ1) is 13.0. The van der Waals surface area contributed by atoms with Crippen molar-refractivity contribution in [1.82, 2.24) is 10.2 Å². The Hall–Kier alpha value is -2.57. The van der Waals surface area contributed by atoms with E-state index in [4.69, 9.17) is 16.3 Å². The summed E-state index contributed by atoms with van der Waals surface area (Å²) in [5, 5.41) is 6.60. The molecule has 2 amide bonds. The predicted octanol–water partition coefficient (Wildman–Crippen LogP) is 3.41. The zero-order chi connectivity index (χ0) is 19.2. The molecule has 1 unspecified atom stereocenters. The second-order valence-corrected chi connectivity index (χ2v) is 6.94. The monoisotopic (exact) mass is 387 g/mol. The molecule has 142 valence electrons. The lowest BCUT2D eigenvalue weighted by atomic mass is 10.2. The molecule has 0 aliphatic carbocycles. The van der Waals surface area contributed by atoms with Gasteiger partial charge in [-0.3, -0.25) is 10.1 Å². The molecule has 0 spiro atoms. The van der Waals surface area contributed by atoms with E-state index in [-0.39, 0.29) is 18.6 Å². The van der Waals surface area contributed by atoms with Gasteiger partial charge in [-0.1, -0.05) is 35.9 Å². The molecule has 1 heterocycles. The van der Waals surface area contributed by atoms with Gasteiger partial charge in [0.15, 0.2) is 0 Å². The first-order valence-electron chi connectivity index (χ1n) is 8.77. The number of likely N-dealkylation sites (tertiary alicyclic amines) is 1. The fraction of sp³-hybridized carbons (Fsp3) is 0.300. The third kappa shape index (κ3) is 5.45. The number of likely N-dealkylation sites (N-methyl/N-ethyl adjacent to an activating group) is 1. The van der Waals surface area contributed by atoms with Crippen molar-refractivity contribution in [1.29, 1.82) is 0 Å². The highest BCUT2D eigenvalue weighted by molar-refractivity contribution is 6.30. The molecule has 27 heavy (non-hydrogen) atoms. The number of hydrogen-bond acceptors (Lipinski definition) is 4. The zero-order valence-electron chi connectivity index (χ0n) is 15.1. The van der Waals surface area contributed by atoms with Gasteiger partial charge in [0.1, 0.15) is 6.61 Å². The Balaban J connectivity index is 1.43. The molecule has 7 heteroatoms. The quantitative estimate of drug-likeness (QED) is 0.796. The fourth-order valence-corrected chi connectivity index (χ4v) is 2.97. The van der Waals surface area contributed by atoms with Crippen molar-refractivity contribution in [3.63, 3.8) is 0 Å². The Morgan fingerprint density at radius 1 is 1.15 bits per heavy atom. The van der Waals surface area contributed by atoms with Crippen molar-refractivity contribution in [2.75, 3.05) is 18.9 Å². The average molecular weight is 388 g/mol. The summed E-state index contributed by atoms with van der Waals surface area (Å²) in [7, 11) is 1.82. The van der Waals surface area contributed by atoms with Gasteiger partial charge in [-0.05, 0) is 41.8 Å². The lowest BCUT2D eigenvalue weighted by molar-refractivity contribution is -0.128. The number of carbonyl (C=O) groups is 2. The molecule has 1 atom stereocenters.